The van der Waals surface area contributed by atoms with Gasteiger partial charge < -0.3 is 15.2 Å². The van der Waals surface area contributed by atoms with E-state index < -0.39 is 17.8 Å². The van der Waals surface area contributed by atoms with Crippen LogP contribution >= 0.6 is 11.3 Å². The summed E-state index contributed by atoms with van der Waals surface area (Å²) in [6.45, 7) is 2.28. The third-order valence-electron chi connectivity index (χ3n) is 6.39. The largest absolute Gasteiger partial charge is 0.481 e. The number of anilines is 1. The number of carboxylic acids is 1. The number of allylic oxidation sites excluding steroid dienone is 2. The van der Waals surface area contributed by atoms with Crippen molar-refractivity contribution in [3.05, 3.63) is 28.2 Å². The lowest BCUT2D eigenvalue weighted by Gasteiger charge is -2.41. The maximum atomic E-state index is 13.2. The first kappa shape index (κ1) is 20.1. The van der Waals surface area contributed by atoms with Gasteiger partial charge in [0.25, 0.3) is 0 Å². The average molecular weight is 418 g/mol. The van der Waals surface area contributed by atoms with Crippen LogP contribution in [0.1, 0.15) is 59.8 Å². The van der Waals surface area contributed by atoms with Gasteiger partial charge in [0.1, 0.15) is 5.00 Å². The zero-order chi connectivity index (χ0) is 20.5. The minimum Gasteiger partial charge on any atom is -0.481 e. The number of aliphatic carboxylic acids is 1. The van der Waals surface area contributed by atoms with Crippen molar-refractivity contribution in [2.24, 2.45) is 23.7 Å². The minimum atomic E-state index is -0.919. The van der Waals surface area contributed by atoms with Crippen molar-refractivity contribution in [3.63, 3.8) is 0 Å². The van der Waals surface area contributed by atoms with Crippen molar-refractivity contribution in [1.82, 2.24) is 0 Å². The van der Waals surface area contributed by atoms with Crippen LogP contribution in [-0.2, 0) is 27.2 Å². The molecule has 1 heterocycles. The molecule has 5 rings (SSSR count). The Hall–Kier alpha value is -2.15. The number of amides is 1. The fourth-order valence-electron chi connectivity index (χ4n) is 5.02. The molecule has 4 aliphatic rings. The lowest BCUT2D eigenvalue weighted by atomic mass is 9.62. The Bertz CT molecular complexity index is 858. The molecule has 0 aromatic carbocycles. The van der Waals surface area contributed by atoms with Gasteiger partial charge >= 0.3 is 11.9 Å². The third-order valence-corrected chi connectivity index (χ3v) is 7.59. The summed E-state index contributed by atoms with van der Waals surface area (Å²) in [5.41, 5.74) is 1.48. The Balaban J connectivity index is 1.62. The van der Waals surface area contributed by atoms with E-state index in [4.69, 9.17) is 4.74 Å². The molecule has 6 nitrogen and oxygen atoms in total. The molecule has 2 N–H and O–H groups in total. The van der Waals surface area contributed by atoms with Crippen LogP contribution in [0.25, 0.3) is 0 Å². The van der Waals surface area contributed by atoms with Gasteiger partial charge in [0, 0.05) is 4.88 Å². The van der Waals surface area contributed by atoms with Gasteiger partial charge in [-0.05, 0) is 62.3 Å². The Morgan fingerprint density at radius 2 is 1.83 bits per heavy atom. The fraction of sp³-hybridized carbons (Fsp3) is 0.591. The molecule has 1 aromatic rings. The summed E-state index contributed by atoms with van der Waals surface area (Å²) in [5, 5.41) is 13.2. The molecule has 0 spiro atoms. The van der Waals surface area contributed by atoms with E-state index in [0.29, 0.717) is 17.2 Å². The number of fused-ring (bicyclic) bond motifs is 3. The van der Waals surface area contributed by atoms with Gasteiger partial charge in [-0.25, -0.2) is 4.79 Å². The van der Waals surface area contributed by atoms with Crippen LogP contribution in [0.2, 0.25) is 0 Å². The molecule has 2 bridgehead atoms. The standard InChI is InChI=1S/C22H27NO5S/c1-2-11-28-22(27)18-14-5-3-4-6-15(14)29-20(18)23-19(24)16-12-7-9-13(10-8-12)17(16)21(25)26/h7,9,12-13,16-17H,2-6,8,10-11H2,1H3,(H,23,24)(H,25,26)/t12-,13+,16-,17+/m1/s1. The predicted octanol–water partition coefficient (Wildman–Crippen LogP) is 4.05. The van der Waals surface area contributed by atoms with Crippen molar-refractivity contribution in [1.29, 1.82) is 0 Å². The number of thiophene rings is 1. The SMILES string of the molecule is CCCOC(=O)c1c(NC(=O)[C@H]2[C@@H](C(=O)O)[C@H]3C=C[C@@H]2CC3)sc2c1CCCC2. The molecular weight excluding hydrogens is 390 g/mol. The van der Waals surface area contributed by atoms with E-state index in [2.05, 4.69) is 5.32 Å². The molecule has 0 saturated heterocycles. The van der Waals surface area contributed by atoms with E-state index in [1.54, 1.807) is 0 Å². The third kappa shape index (κ3) is 3.72. The summed E-state index contributed by atoms with van der Waals surface area (Å²) >= 11 is 1.45. The van der Waals surface area contributed by atoms with Crippen molar-refractivity contribution >= 4 is 34.2 Å². The predicted molar refractivity (Wildman–Crippen MR) is 110 cm³/mol. The molecule has 1 amide bonds. The minimum absolute atomic E-state index is 0.0637. The second kappa shape index (κ2) is 8.30. The number of aryl methyl sites for hydroxylation is 1. The number of nitrogens with one attached hydrogen (secondary N) is 1. The molecule has 29 heavy (non-hydrogen) atoms. The van der Waals surface area contributed by atoms with E-state index in [1.807, 2.05) is 19.1 Å². The smallest absolute Gasteiger partial charge is 0.341 e. The number of carbonyl (C=O) groups excluding carboxylic acids is 2. The van der Waals surface area contributed by atoms with Gasteiger partial charge in [0.2, 0.25) is 5.91 Å². The highest BCUT2D eigenvalue weighted by Crippen LogP contribution is 2.46. The second-order valence-corrected chi connectivity index (χ2v) is 9.33. The number of rotatable bonds is 6. The van der Waals surface area contributed by atoms with Gasteiger partial charge in [-0.3, -0.25) is 9.59 Å². The Labute approximate surface area is 174 Å². The zero-order valence-corrected chi connectivity index (χ0v) is 17.4. The van der Waals surface area contributed by atoms with E-state index in [1.165, 1.54) is 11.3 Å². The Morgan fingerprint density at radius 3 is 2.48 bits per heavy atom. The molecule has 156 valence electrons. The van der Waals surface area contributed by atoms with Gasteiger partial charge in [-0.2, -0.15) is 0 Å². The molecule has 4 aliphatic carbocycles. The van der Waals surface area contributed by atoms with Crippen molar-refractivity contribution < 1.29 is 24.2 Å². The summed E-state index contributed by atoms with van der Waals surface area (Å²) in [5.74, 6) is -3.07. The van der Waals surface area contributed by atoms with Crippen molar-refractivity contribution in [3.8, 4) is 0 Å². The van der Waals surface area contributed by atoms with Crippen LogP contribution in [0.5, 0.6) is 0 Å². The molecule has 1 aromatic heterocycles. The molecular formula is C22H27NO5S. The fourth-order valence-corrected chi connectivity index (χ4v) is 6.30. The summed E-state index contributed by atoms with van der Waals surface area (Å²) < 4.78 is 5.39. The maximum Gasteiger partial charge on any atom is 0.341 e. The van der Waals surface area contributed by atoms with Gasteiger partial charge in [-0.1, -0.05) is 19.1 Å². The first-order chi connectivity index (χ1) is 14.0. The lowest BCUT2D eigenvalue weighted by Crippen LogP contribution is -2.47. The molecule has 7 heteroatoms. The number of ether oxygens (including phenoxy) is 1. The second-order valence-electron chi connectivity index (χ2n) is 8.22. The molecule has 0 aliphatic heterocycles. The van der Waals surface area contributed by atoms with Crippen LogP contribution in [0.15, 0.2) is 12.2 Å². The van der Waals surface area contributed by atoms with E-state index in [9.17, 15) is 19.5 Å². The highest BCUT2D eigenvalue weighted by Gasteiger charge is 2.48. The summed E-state index contributed by atoms with van der Waals surface area (Å²) in [6.07, 6.45) is 10.1. The van der Waals surface area contributed by atoms with Gasteiger partial charge in [0.05, 0.1) is 24.0 Å². The zero-order valence-electron chi connectivity index (χ0n) is 16.6. The number of esters is 1. The monoisotopic (exact) mass is 417 g/mol. The number of carbonyl (C=O) groups is 3. The van der Waals surface area contributed by atoms with E-state index in [0.717, 1.165) is 55.4 Å². The number of hydrogen-bond acceptors (Lipinski definition) is 5. The molecule has 1 fully saturated rings. The maximum absolute atomic E-state index is 13.2. The normalized spacial score (nSPS) is 27.3. The highest BCUT2D eigenvalue weighted by atomic mass is 32.1. The summed E-state index contributed by atoms with van der Waals surface area (Å²) in [4.78, 5) is 39.0. The Morgan fingerprint density at radius 1 is 1.14 bits per heavy atom. The lowest BCUT2D eigenvalue weighted by molar-refractivity contribution is -0.151. The quantitative estimate of drug-likeness (QED) is 0.538. The average Bonchev–Trinajstić information content (AvgIpc) is 3.09. The van der Waals surface area contributed by atoms with Crippen LogP contribution in [0, 0.1) is 23.7 Å². The molecule has 0 unspecified atom stereocenters. The van der Waals surface area contributed by atoms with Crippen LogP contribution in [0.4, 0.5) is 5.00 Å². The van der Waals surface area contributed by atoms with Crippen molar-refractivity contribution in [2.75, 3.05) is 11.9 Å². The molecule has 1 saturated carbocycles. The first-order valence-electron chi connectivity index (χ1n) is 10.5. The van der Waals surface area contributed by atoms with Gasteiger partial charge in [0.15, 0.2) is 0 Å². The van der Waals surface area contributed by atoms with Crippen LogP contribution < -0.4 is 5.32 Å². The van der Waals surface area contributed by atoms with E-state index in [-0.39, 0.29) is 23.7 Å². The topological polar surface area (TPSA) is 92.7 Å². The summed E-state index contributed by atoms with van der Waals surface area (Å²) in [7, 11) is 0. The van der Waals surface area contributed by atoms with Crippen LogP contribution in [0.3, 0.4) is 0 Å². The first-order valence-corrected chi connectivity index (χ1v) is 11.4. The number of hydrogen-bond donors (Lipinski definition) is 2. The number of carboxylic acid groups (broad SMARTS) is 1. The highest BCUT2D eigenvalue weighted by molar-refractivity contribution is 7.17. The van der Waals surface area contributed by atoms with E-state index >= 15 is 0 Å². The van der Waals surface area contributed by atoms with Crippen molar-refractivity contribution in [2.45, 2.75) is 51.9 Å². The Kier molecular flexibility index (Phi) is 5.76. The van der Waals surface area contributed by atoms with Crippen LogP contribution in [-0.4, -0.2) is 29.6 Å². The van der Waals surface area contributed by atoms with Gasteiger partial charge in [-0.15, -0.1) is 11.3 Å². The summed E-state index contributed by atoms with van der Waals surface area (Å²) in [6, 6.07) is 0. The molecule has 4 atom stereocenters. The molecule has 0 radical (unpaired) electrons.